The molecule has 0 radical (unpaired) electrons. The van der Waals surface area contributed by atoms with Crippen molar-refractivity contribution in [3.05, 3.63) is 70.7 Å². The van der Waals surface area contributed by atoms with Crippen molar-refractivity contribution in [2.24, 2.45) is 0 Å². The zero-order valence-electron chi connectivity index (χ0n) is 18.6. The number of aromatic nitrogens is 3. The summed E-state index contributed by atoms with van der Waals surface area (Å²) in [4.78, 5) is 20.7. The second kappa shape index (κ2) is 8.62. The molecule has 1 amide bonds. The van der Waals surface area contributed by atoms with Crippen molar-refractivity contribution in [1.82, 2.24) is 15.1 Å². The van der Waals surface area contributed by atoms with Crippen LogP contribution in [0.4, 0.5) is 11.6 Å². The van der Waals surface area contributed by atoms with E-state index in [9.17, 15) is 13.2 Å². The first-order chi connectivity index (χ1) is 15.6. The van der Waals surface area contributed by atoms with E-state index in [-0.39, 0.29) is 23.2 Å². The van der Waals surface area contributed by atoms with Crippen molar-refractivity contribution in [2.45, 2.75) is 39.0 Å². The number of carbonyl (C=O) groups excluding carboxylic acids is 1. The van der Waals surface area contributed by atoms with Gasteiger partial charge in [-0.05, 0) is 81.3 Å². The predicted octanol–water partition coefficient (Wildman–Crippen LogP) is 3.83. The lowest BCUT2D eigenvalue weighted by atomic mass is 10.1. The van der Waals surface area contributed by atoms with E-state index in [4.69, 9.17) is 4.52 Å². The molecule has 0 bridgehead atoms. The van der Waals surface area contributed by atoms with E-state index in [0.717, 1.165) is 16.5 Å². The smallest absolute Gasteiger partial charge is 0.264 e. The summed E-state index contributed by atoms with van der Waals surface area (Å²) in [5.41, 5.74) is 5.12. The Morgan fingerprint density at radius 1 is 0.939 bits per heavy atom. The van der Waals surface area contributed by atoms with Gasteiger partial charge in [-0.15, -0.1) is 0 Å². The second-order valence-electron chi connectivity index (χ2n) is 7.89. The number of fused-ring (bicyclic) bond motifs is 1. The lowest BCUT2D eigenvalue weighted by molar-refractivity contribution is -0.115. The molecule has 2 aromatic carbocycles. The van der Waals surface area contributed by atoms with Crippen LogP contribution >= 0.6 is 0 Å². The summed E-state index contributed by atoms with van der Waals surface area (Å²) in [6.45, 7) is 7.49. The number of sulfonamides is 1. The summed E-state index contributed by atoms with van der Waals surface area (Å²) in [6, 6.07) is 11.4. The number of carbonyl (C=O) groups is 1. The number of nitrogens with one attached hydrogen (secondary N) is 2. The largest absolute Gasteiger partial charge is 0.356 e. The van der Waals surface area contributed by atoms with Crippen LogP contribution in [-0.4, -0.2) is 29.4 Å². The summed E-state index contributed by atoms with van der Waals surface area (Å²) >= 11 is 0. The van der Waals surface area contributed by atoms with Gasteiger partial charge in [0.25, 0.3) is 10.0 Å². The topological polar surface area (TPSA) is 127 Å². The van der Waals surface area contributed by atoms with Crippen LogP contribution in [0.3, 0.4) is 0 Å². The maximum absolute atomic E-state index is 12.6. The average Bonchev–Trinajstić information content (AvgIpc) is 3.09. The molecule has 4 rings (SSSR count). The number of aryl methyl sites for hydroxylation is 4. The van der Waals surface area contributed by atoms with Crippen LogP contribution in [0.25, 0.3) is 11.0 Å². The van der Waals surface area contributed by atoms with Gasteiger partial charge in [0, 0.05) is 22.5 Å². The first-order valence-corrected chi connectivity index (χ1v) is 11.7. The molecule has 170 valence electrons. The fourth-order valence-corrected chi connectivity index (χ4v) is 4.34. The quantitative estimate of drug-likeness (QED) is 0.443. The van der Waals surface area contributed by atoms with E-state index in [1.54, 1.807) is 19.9 Å². The molecular formula is C23H23N5O4S. The summed E-state index contributed by atoms with van der Waals surface area (Å²) in [5.74, 6) is -0.282. The molecule has 9 nitrogen and oxygen atoms in total. The van der Waals surface area contributed by atoms with Gasteiger partial charge in [0.2, 0.25) is 11.9 Å². The summed E-state index contributed by atoms with van der Waals surface area (Å²) < 4.78 is 33.0. The molecule has 0 saturated carbocycles. The molecule has 0 saturated heterocycles. The van der Waals surface area contributed by atoms with Crippen LogP contribution in [0.1, 0.15) is 28.2 Å². The van der Waals surface area contributed by atoms with Crippen molar-refractivity contribution >= 4 is 38.5 Å². The van der Waals surface area contributed by atoms with E-state index >= 15 is 0 Å². The maximum atomic E-state index is 12.6. The summed E-state index contributed by atoms with van der Waals surface area (Å²) in [6.07, 6.45) is 0.0289. The third-order valence-corrected chi connectivity index (χ3v) is 6.49. The fraction of sp³-hybridized carbons (Fsp3) is 0.217. The molecule has 0 spiro atoms. The monoisotopic (exact) mass is 465 g/mol. The number of hydrogen-bond donors (Lipinski definition) is 2. The first-order valence-electron chi connectivity index (χ1n) is 10.2. The van der Waals surface area contributed by atoms with E-state index in [2.05, 4.69) is 25.2 Å². The molecule has 0 atom stereocenters. The van der Waals surface area contributed by atoms with Gasteiger partial charge in [-0.25, -0.2) is 23.1 Å². The highest BCUT2D eigenvalue weighted by molar-refractivity contribution is 7.92. The molecule has 2 aromatic heterocycles. The Morgan fingerprint density at radius 3 is 2.24 bits per heavy atom. The Bertz CT molecular complexity index is 1440. The minimum Gasteiger partial charge on any atom is -0.356 e. The highest BCUT2D eigenvalue weighted by atomic mass is 32.2. The summed E-state index contributed by atoms with van der Waals surface area (Å²) in [7, 11) is -3.88. The van der Waals surface area contributed by atoms with Crippen molar-refractivity contribution in [2.75, 3.05) is 10.0 Å². The molecule has 0 aliphatic carbocycles. The normalized spacial score (nSPS) is 11.5. The third kappa shape index (κ3) is 5.01. The van der Waals surface area contributed by atoms with E-state index in [0.29, 0.717) is 28.4 Å². The Labute approximate surface area is 191 Å². The lowest BCUT2D eigenvalue weighted by Crippen LogP contribution is -2.17. The molecule has 0 unspecified atom stereocenters. The minimum atomic E-state index is -3.88. The zero-order valence-corrected chi connectivity index (χ0v) is 19.4. The number of amides is 1. The molecule has 0 aliphatic rings. The van der Waals surface area contributed by atoms with Crippen molar-refractivity contribution in [3.63, 3.8) is 0 Å². The first kappa shape index (κ1) is 22.4. The molecule has 4 aromatic rings. The van der Waals surface area contributed by atoms with Gasteiger partial charge in [0.15, 0.2) is 5.58 Å². The third-order valence-electron chi connectivity index (χ3n) is 5.15. The SMILES string of the molecule is Cc1cc(C)nc(NS(=O)(=O)c2ccc(NC(=O)Cc3noc4cc(C)c(C)cc34)cc2)n1. The van der Waals surface area contributed by atoms with Crippen LogP contribution in [0.2, 0.25) is 0 Å². The van der Waals surface area contributed by atoms with Crippen molar-refractivity contribution < 1.29 is 17.7 Å². The zero-order chi connectivity index (χ0) is 23.8. The minimum absolute atomic E-state index is 0.00940. The second-order valence-corrected chi connectivity index (χ2v) is 9.57. The highest BCUT2D eigenvalue weighted by Crippen LogP contribution is 2.23. The number of hydrogen-bond acceptors (Lipinski definition) is 7. The van der Waals surface area contributed by atoms with E-state index in [1.807, 2.05) is 26.0 Å². The fourth-order valence-electron chi connectivity index (χ4n) is 3.40. The predicted molar refractivity (Wildman–Crippen MR) is 125 cm³/mol. The molecule has 0 fully saturated rings. The molecule has 10 heteroatoms. The van der Waals surface area contributed by atoms with Crippen LogP contribution in [-0.2, 0) is 21.2 Å². The number of anilines is 2. The van der Waals surface area contributed by atoms with Crippen LogP contribution in [0.5, 0.6) is 0 Å². The Kier molecular flexibility index (Phi) is 5.86. The van der Waals surface area contributed by atoms with Crippen molar-refractivity contribution in [3.8, 4) is 0 Å². The summed E-state index contributed by atoms with van der Waals surface area (Å²) in [5, 5.41) is 7.58. The van der Waals surface area contributed by atoms with Crippen LogP contribution in [0.15, 0.2) is 51.9 Å². The lowest BCUT2D eigenvalue weighted by Gasteiger charge is -2.09. The maximum Gasteiger partial charge on any atom is 0.264 e. The van der Waals surface area contributed by atoms with Gasteiger partial charge >= 0.3 is 0 Å². The van der Waals surface area contributed by atoms with Crippen molar-refractivity contribution in [1.29, 1.82) is 0 Å². The Balaban J connectivity index is 1.45. The van der Waals surface area contributed by atoms with Gasteiger partial charge in [-0.3, -0.25) is 4.79 Å². The Morgan fingerprint density at radius 2 is 1.58 bits per heavy atom. The van der Waals surface area contributed by atoms with E-state index < -0.39 is 10.0 Å². The highest BCUT2D eigenvalue weighted by Gasteiger charge is 2.17. The number of rotatable bonds is 6. The van der Waals surface area contributed by atoms with Gasteiger partial charge in [-0.2, -0.15) is 0 Å². The Hall–Kier alpha value is -3.79. The van der Waals surface area contributed by atoms with Crippen LogP contribution < -0.4 is 10.0 Å². The van der Waals surface area contributed by atoms with E-state index in [1.165, 1.54) is 24.3 Å². The molecule has 2 heterocycles. The number of benzene rings is 2. The number of nitrogens with zero attached hydrogens (tertiary/aromatic N) is 3. The standard InChI is InChI=1S/C23H23N5O4S/c1-13-9-19-20(27-32-21(19)10-14(13)2)12-22(29)26-17-5-7-18(8-6-17)33(30,31)28-23-24-15(3)11-16(4)25-23/h5-11H,12H2,1-4H3,(H,26,29)(H,24,25,28). The molecular weight excluding hydrogens is 442 g/mol. The van der Waals surface area contributed by atoms with Gasteiger partial charge < -0.3 is 9.84 Å². The molecule has 2 N–H and O–H groups in total. The van der Waals surface area contributed by atoms with Gasteiger partial charge in [0.1, 0.15) is 5.69 Å². The molecule has 33 heavy (non-hydrogen) atoms. The molecule has 0 aliphatic heterocycles. The average molecular weight is 466 g/mol. The van der Waals surface area contributed by atoms with Gasteiger partial charge in [-0.1, -0.05) is 5.16 Å². The van der Waals surface area contributed by atoms with Gasteiger partial charge in [0.05, 0.1) is 11.3 Å². The van der Waals surface area contributed by atoms with Crippen LogP contribution in [0, 0.1) is 27.7 Å².